The number of fused-ring (bicyclic) bond motifs is 1. The van der Waals surface area contributed by atoms with Crippen LogP contribution < -0.4 is 5.32 Å². The minimum Gasteiger partial charge on any atom is -0.354 e. The Balaban J connectivity index is 0.00000225. The third kappa shape index (κ3) is 3.88. The van der Waals surface area contributed by atoms with Crippen LogP contribution in [0.4, 0.5) is 15.8 Å². The standard InChI is InChI=1S/C20H18ClFN4O.ClH/c1-12-4-6-14-18(25-13-5-7-17(22)16(21)10-13)15(11-23-19(14)24-12)20(27)26-8-2-3-9-26;/h4-7,10-11H,2-3,8-9H2,1H3,(H,23,24,25);1H. The van der Waals surface area contributed by atoms with Crippen molar-refractivity contribution in [2.75, 3.05) is 18.4 Å². The van der Waals surface area contributed by atoms with Crippen LogP contribution in [0.3, 0.4) is 0 Å². The second-order valence-corrected chi connectivity index (χ2v) is 7.03. The monoisotopic (exact) mass is 420 g/mol. The van der Waals surface area contributed by atoms with Crippen LogP contribution in [0.5, 0.6) is 0 Å². The van der Waals surface area contributed by atoms with Gasteiger partial charge in [0.2, 0.25) is 0 Å². The molecule has 1 amide bonds. The zero-order valence-electron chi connectivity index (χ0n) is 15.2. The number of benzene rings is 1. The average molecular weight is 421 g/mol. The van der Waals surface area contributed by atoms with E-state index >= 15 is 0 Å². The molecule has 0 atom stereocenters. The van der Waals surface area contributed by atoms with Gasteiger partial charge in [-0.2, -0.15) is 0 Å². The summed E-state index contributed by atoms with van der Waals surface area (Å²) in [7, 11) is 0. The van der Waals surface area contributed by atoms with Crippen molar-refractivity contribution in [3.8, 4) is 0 Å². The van der Waals surface area contributed by atoms with Crippen molar-refractivity contribution in [2.24, 2.45) is 0 Å². The highest BCUT2D eigenvalue weighted by Gasteiger charge is 2.24. The van der Waals surface area contributed by atoms with Gasteiger partial charge < -0.3 is 10.2 Å². The molecule has 0 spiro atoms. The molecule has 3 heterocycles. The number of halogens is 3. The van der Waals surface area contributed by atoms with Crippen molar-refractivity contribution in [3.63, 3.8) is 0 Å². The Morgan fingerprint density at radius 1 is 1.21 bits per heavy atom. The molecule has 146 valence electrons. The van der Waals surface area contributed by atoms with Crippen molar-refractivity contribution >= 4 is 52.3 Å². The molecular formula is C20H19Cl2FN4O. The summed E-state index contributed by atoms with van der Waals surface area (Å²) in [4.78, 5) is 23.7. The molecule has 0 unspecified atom stereocenters. The largest absolute Gasteiger partial charge is 0.354 e. The number of aromatic nitrogens is 2. The number of nitrogens with zero attached hydrogens (tertiary/aromatic N) is 3. The predicted molar refractivity (Wildman–Crippen MR) is 111 cm³/mol. The minimum absolute atomic E-state index is 0. The molecule has 0 radical (unpaired) electrons. The lowest BCUT2D eigenvalue weighted by molar-refractivity contribution is 0.0793. The molecule has 28 heavy (non-hydrogen) atoms. The fraction of sp³-hybridized carbons (Fsp3) is 0.250. The highest BCUT2D eigenvalue weighted by Crippen LogP contribution is 2.31. The maximum absolute atomic E-state index is 13.5. The van der Waals surface area contributed by atoms with E-state index in [1.807, 2.05) is 24.0 Å². The first-order valence-corrected chi connectivity index (χ1v) is 9.18. The van der Waals surface area contributed by atoms with Crippen molar-refractivity contribution in [1.82, 2.24) is 14.9 Å². The Kier molecular flexibility index (Phi) is 6.01. The van der Waals surface area contributed by atoms with Crippen LogP contribution in [0.15, 0.2) is 36.5 Å². The van der Waals surface area contributed by atoms with Crippen LogP contribution in [-0.4, -0.2) is 33.9 Å². The summed E-state index contributed by atoms with van der Waals surface area (Å²) >= 11 is 5.91. The number of aryl methyl sites for hydroxylation is 1. The maximum atomic E-state index is 13.5. The predicted octanol–water partition coefficient (Wildman–Crippen LogP) is 5.13. The zero-order chi connectivity index (χ0) is 19.0. The highest BCUT2D eigenvalue weighted by atomic mass is 35.5. The number of carbonyl (C=O) groups is 1. The molecule has 1 fully saturated rings. The Bertz CT molecular complexity index is 1040. The maximum Gasteiger partial charge on any atom is 0.257 e. The Hall–Kier alpha value is -2.44. The Labute approximate surface area is 173 Å². The second-order valence-electron chi connectivity index (χ2n) is 6.62. The number of anilines is 2. The first-order valence-electron chi connectivity index (χ1n) is 8.80. The number of hydrogen-bond acceptors (Lipinski definition) is 4. The van der Waals surface area contributed by atoms with Crippen molar-refractivity contribution in [2.45, 2.75) is 19.8 Å². The fourth-order valence-electron chi connectivity index (χ4n) is 3.28. The van der Waals surface area contributed by atoms with Crippen LogP contribution >= 0.6 is 24.0 Å². The molecule has 0 aliphatic carbocycles. The summed E-state index contributed by atoms with van der Waals surface area (Å²) in [6.45, 7) is 3.37. The van der Waals surface area contributed by atoms with Gasteiger partial charge in [0.1, 0.15) is 5.82 Å². The summed E-state index contributed by atoms with van der Waals surface area (Å²) in [5, 5.41) is 3.97. The van der Waals surface area contributed by atoms with Gasteiger partial charge in [-0.1, -0.05) is 11.6 Å². The van der Waals surface area contributed by atoms with Gasteiger partial charge >= 0.3 is 0 Å². The van der Waals surface area contributed by atoms with E-state index < -0.39 is 5.82 Å². The van der Waals surface area contributed by atoms with Gasteiger partial charge in [0.05, 0.1) is 16.3 Å². The molecule has 5 nitrogen and oxygen atoms in total. The van der Waals surface area contributed by atoms with Gasteiger partial charge in [-0.05, 0) is 50.1 Å². The fourth-order valence-corrected chi connectivity index (χ4v) is 3.46. The molecule has 4 rings (SSSR count). The quantitative estimate of drug-likeness (QED) is 0.637. The first kappa shape index (κ1) is 20.3. The van der Waals surface area contributed by atoms with E-state index in [1.54, 1.807) is 12.3 Å². The van der Waals surface area contributed by atoms with E-state index in [4.69, 9.17) is 11.6 Å². The molecular weight excluding hydrogens is 402 g/mol. The topological polar surface area (TPSA) is 58.1 Å². The van der Waals surface area contributed by atoms with Crippen LogP contribution in [0.1, 0.15) is 28.9 Å². The van der Waals surface area contributed by atoms with Gasteiger partial charge in [-0.3, -0.25) is 4.79 Å². The van der Waals surface area contributed by atoms with E-state index in [1.165, 1.54) is 12.1 Å². The van der Waals surface area contributed by atoms with Gasteiger partial charge in [0, 0.05) is 36.1 Å². The average Bonchev–Trinajstić information content (AvgIpc) is 3.19. The number of nitrogens with one attached hydrogen (secondary N) is 1. The lowest BCUT2D eigenvalue weighted by Crippen LogP contribution is -2.28. The number of rotatable bonds is 3. The van der Waals surface area contributed by atoms with E-state index in [2.05, 4.69) is 15.3 Å². The molecule has 1 aliphatic heterocycles. The van der Waals surface area contributed by atoms with E-state index in [0.717, 1.165) is 37.0 Å². The molecule has 2 aromatic heterocycles. The summed E-state index contributed by atoms with van der Waals surface area (Å²) in [5.41, 5.74) is 3.04. The normalized spacial score (nSPS) is 13.5. The molecule has 0 bridgehead atoms. The van der Waals surface area contributed by atoms with Crippen LogP contribution in [-0.2, 0) is 0 Å². The molecule has 1 N–H and O–H groups in total. The third-order valence-corrected chi connectivity index (χ3v) is 4.97. The molecule has 1 saturated heterocycles. The summed E-state index contributed by atoms with van der Waals surface area (Å²) in [6, 6.07) is 8.13. The Morgan fingerprint density at radius 3 is 2.68 bits per heavy atom. The smallest absolute Gasteiger partial charge is 0.257 e. The number of amides is 1. The molecule has 0 saturated carbocycles. The highest BCUT2D eigenvalue weighted by molar-refractivity contribution is 6.31. The van der Waals surface area contributed by atoms with Crippen molar-refractivity contribution in [3.05, 3.63) is 58.6 Å². The van der Waals surface area contributed by atoms with Gasteiger partial charge in [-0.15, -0.1) is 12.4 Å². The van der Waals surface area contributed by atoms with E-state index in [0.29, 0.717) is 22.6 Å². The van der Waals surface area contributed by atoms with Gasteiger partial charge in [-0.25, -0.2) is 14.4 Å². The first-order chi connectivity index (χ1) is 13.0. The lowest BCUT2D eigenvalue weighted by atomic mass is 10.1. The number of hydrogen-bond donors (Lipinski definition) is 1. The summed E-state index contributed by atoms with van der Waals surface area (Å²) in [5.74, 6) is -0.564. The number of carbonyl (C=O) groups excluding carboxylic acids is 1. The van der Waals surface area contributed by atoms with Crippen LogP contribution in [0.25, 0.3) is 11.0 Å². The number of likely N-dealkylation sites (tertiary alicyclic amines) is 1. The van der Waals surface area contributed by atoms with E-state index in [9.17, 15) is 9.18 Å². The molecule has 8 heteroatoms. The van der Waals surface area contributed by atoms with E-state index in [-0.39, 0.29) is 23.3 Å². The van der Waals surface area contributed by atoms with Crippen molar-refractivity contribution in [1.29, 1.82) is 0 Å². The Morgan fingerprint density at radius 2 is 1.96 bits per heavy atom. The summed E-state index contributed by atoms with van der Waals surface area (Å²) < 4.78 is 13.5. The van der Waals surface area contributed by atoms with Crippen LogP contribution in [0, 0.1) is 12.7 Å². The second kappa shape index (κ2) is 8.29. The summed E-state index contributed by atoms with van der Waals surface area (Å²) in [6.07, 6.45) is 3.57. The van der Waals surface area contributed by atoms with Crippen molar-refractivity contribution < 1.29 is 9.18 Å². The number of pyridine rings is 2. The van der Waals surface area contributed by atoms with Crippen LogP contribution in [0.2, 0.25) is 5.02 Å². The molecule has 3 aromatic rings. The SMILES string of the molecule is Cc1ccc2c(Nc3ccc(F)c(Cl)c3)c(C(=O)N3CCCC3)cnc2n1.Cl. The minimum atomic E-state index is -0.493. The lowest BCUT2D eigenvalue weighted by Gasteiger charge is -2.19. The zero-order valence-corrected chi connectivity index (χ0v) is 16.8. The third-order valence-electron chi connectivity index (χ3n) is 4.68. The van der Waals surface area contributed by atoms with Gasteiger partial charge in [0.25, 0.3) is 5.91 Å². The van der Waals surface area contributed by atoms with Gasteiger partial charge in [0.15, 0.2) is 5.65 Å². The molecule has 1 aliphatic rings. The molecule has 1 aromatic carbocycles.